The minimum atomic E-state index is -0.281. The summed E-state index contributed by atoms with van der Waals surface area (Å²) in [5.74, 6) is 0.430. The number of H-pyrrole nitrogens is 1. The highest BCUT2D eigenvalue weighted by molar-refractivity contribution is 7.73. The molecule has 2 aromatic carbocycles. The zero-order valence-corrected chi connectivity index (χ0v) is 17.2. The number of aromatic nitrogens is 2. The van der Waals surface area contributed by atoms with E-state index in [4.69, 9.17) is 40.2 Å². The number of aromatic amines is 1. The molecule has 2 N–H and O–H groups in total. The van der Waals surface area contributed by atoms with E-state index in [-0.39, 0.29) is 12.5 Å². The summed E-state index contributed by atoms with van der Waals surface area (Å²) in [4.78, 5) is 14.4. The first kappa shape index (κ1) is 19.6. The minimum Gasteiger partial charge on any atom is -0.497 e. The van der Waals surface area contributed by atoms with Crippen molar-refractivity contribution in [1.29, 1.82) is 0 Å². The van der Waals surface area contributed by atoms with Crippen molar-refractivity contribution in [3.8, 4) is 5.75 Å². The summed E-state index contributed by atoms with van der Waals surface area (Å²) >= 11 is 18.5. The summed E-state index contributed by atoms with van der Waals surface area (Å²) in [6, 6.07) is 12.3. The number of rotatable bonds is 6. The van der Waals surface area contributed by atoms with Gasteiger partial charge in [0, 0.05) is 5.69 Å². The van der Waals surface area contributed by atoms with Gasteiger partial charge in [-0.3, -0.25) is 9.89 Å². The molecule has 0 saturated carbocycles. The number of carbonyl (C=O) groups excluding carboxylic acids is 1. The molecule has 0 spiro atoms. The topological polar surface area (TPSA) is 70.2 Å². The second-order valence-corrected chi connectivity index (χ2v) is 7.76. The van der Waals surface area contributed by atoms with Crippen LogP contribution in [0.1, 0.15) is 0 Å². The number of methoxy groups -OCH3 is 1. The van der Waals surface area contributed by atoms with Gasteiger partial charge in [0.1, 0.15) is 12.3 Å². The van der Waals surface area contributed by atoms with Gasteiger partial charge in [0.2, 0.25) is 11.0 Å². The first-order valence-electron chi connectivity index (χ1n) is 7.69. The molecule has 27 heavy (non-hydrogen) atoms. The number of amides is 1. The standard InChI is InChI=1S/C17H14Cl2N4O2S2/c1-25-11-7-5-10(6-8-11)23(16-21-22-17(26)27-16)9-14(24)20-13-4-2-3-12(18)15(13)19/h2-8H,9H2,1H3,(H,20,24)(H,22,26). The van der Waals surface area contributed by atoms with Gasteiger partial charge < -0.3 is 15.0 Å². The molecule has 10 heteroatoms. The predicted molar refractivity (Wildman–Crippen MR) is 112 cm³/mol. The Balaban J connectivity index is 1.85. The maximum atomic E-state index is 12.6. The lowest BCUT2D eigenvalue weighted by atomic mass is 10.2. The molecule has 0 bridgehead atoms. The van der Waals surface area contributed by atoms with Gasteiger partial charge in [0.25, 0.3) is 0 Å². The van der Waals surface area contributed by atoms with Crippen molar-refractivity contribution in [2.75, 3.05) is 23.9 Å². The Morgan fingerprint density at radius 2 is 2.04 bits per heavy atom. The number of halogens is 2. The van der Waals surface area contributed by atoms with Gasteiger partial charge in [-0.15, -0.1) is 5.10 Å². The van der Waals surface area contributed by atoms with E-state index in [2.05, 4.69) is 15.5 Å². The number of hydrogen-bond donors (Lipinski definition) is 2. The molecule has 0 saturated heterocycles. The molecule has 0 aliphatic rings. The lowest BCUT2D eigenvalue weighted by Gasteiger charge is -2.21. The Hall–Kier alpha value is -2.13. The van der Waals surface area contributed by atoms with Crippen LogP contribution in [0.3, 0.4) is 0 Å². The smallest absolute Gasteiger partial charge is 0.244 e. The maximum absolute atomic E-state index is 12.6. The molecule has 140 valence electrons. The second-order valence-electron chi connectivity index (χ2n) is 5.33. The van der Waals surface area contributed by atoms with Crippen LogP contribution in [0, 0.1) is 3.95 Å². The van der Waals surface area contributed by atoms with Crippen molar-refractivity contribution >= 4 is 69.2 Å². The first-order chi connectivity index (χ1) is 13.0. The molecule has 0 radical (unpaired) electrons. The van der Waals surface area contributed by atoms with Crippen molar-refractivity contribution in [3.63, 3.8) is 0 Å². The highest BCUT2D eigenvalue weighted by atomic mass is 35.5. The average molecular weight is 441 g/mol. The highest BCUT2D eigenvalue weighted by Crippen LogP contribution is 2.31. The lowest BCUT2D eigenvalue weighted by molar-refractivity contribution is -0.114. The molecule has 6 nitrogen and oxygen atoms in total. The van der Waals surface area contributed by atoms with Crippen LogP contribution < -0.4 is 15.0 Å². The van der Waals surface area contributed by atoms with E-state index < -0.39 is 0 Å². The minimum absolute atomic E-state index is 0.00526. The van der Waals surface area contributed by atoms with Crippen LogP contribution in [0.2, 0.25) is 10.0 Å². The first-order valence-corrected chi connectivity index (χ1v) is 9.67. The molecule has 3 rings (SSSR count). The van der Waals surface area contributed by atoms with Crippen molar-refractivity contribution in [2.45, 2.75) is 0 Å². The number of ether oxygens (including phenoxy) is 1. The Bertz CT molecular complexity index is 1000. The summed E-state index contributed by atoms with van der Waals surface area (Å²) in [7, 11) is 1.59. The fraction of sp³-hybridized carbons (Fsp3) is 0.118. The fourth-order valence-corrected chi connectivity index (χ4v) is 3.55. The van der Waals surface area contributed by atoms with Gasteiger partial charge in [-0.05, 0) is 48.6 Å². The number of carbonyl (C=O) groups is 1. The van der Waals surface area contributed by atoms with Crippen molar-refractivity contribution < 1.29 is 9.53 Å². The van der Waals surface area contributed by atoms with Gasteiger partial charge in [-0.1, -0.05) is 40.6 Å². The number of benzene rings is 2. The van der Waals surface area contributed by atoms with Crippen molar-refractivity contribution in [3.05, 3.63) is 56.5 Å². The molecule has 1 heterocycles. The Labute approximate surface area is 174 Å². The van der Waals surface area contributed by atoms with Gasteiger partial charge in [-0.2, -0.15) is 0 Å². The van der Waals surface area contributed by atoms with E-state index in [9.17, 15) is 4.79 Å². The van der Waals surface area contributed by atoms with Gasteiger partial charge in [0.15, 0.2) is 3.95 Å². The third kappa shape index (κ3) is 4.78. The molecule has 0 fully saturated rings. The monoisotopic (exact) mass is 440 g/mol. The molecule has 1 aromatic heterocycles. The Morgan fingerprint density at radius 1 is 1.30 bits per heavy atom. The Kier molecular flexibility index (Phi) is 6.33. The number of anilines is 3. The molecular weight excluding hydrogens is 427 g/mol. The number of nitrogens with one attached hydrogen (secondary N) is 2. The molecule has 0 aliphatic heterocycles. The SMILES string of the molecule is COc1ccc(N(CC(=O)Nc2cccc(Cl)c2Cl)c2n[nH]c(=S)s2)cc1. The fourth-order valence-electron chi connectivity index (χ4n) is 2.30. The second kappa shape index (κ2) is 8.71. The van der Waals surface area contributed by atoms with Gasteiger partial charge >= 0.3 is 0 Å². The highest BCUT2D eigenvalue weighted by Gasteiger charge is 2.18. The average Bonchev–Trinajstić information content (AvgIpc) is 3.10. The third-order valence-corrected chi connectivity index (χ3v) is 5.50. The van der Waals surface area contributed by atoms with E-state index in [1.165, 1.54) is 11.3 Å². The van der Waals surface area contributed by atoms with Crippen LogP contribution in [0.25, 0.3) is 0 Å². The van der Waals surface area contributed by atoms with E-state index in [1.807, 2.05) is 12.1 Å². The molecule has 3 aromatic rings. The van der Waals surface area contributed by atoms with Crippen LogP contribution >= 0.6 is 46.8 Å². The van der Waals surface area contributed by atoms with Crippen LogP contribution in [0.4, 0.5) is 16.5 Å². The zero-order chi connectivity index (χ0) is 19.4. The van der Waals surface area contributed by atoms with Crippen molar-refractivity contribution in [1.82, 2.24) is 10.2 Å². The number of hydrogen-bond acceptors (Lipinski definition) is 6. The van der Waals surface area contributed by atoms with Crippen LogP contribution in [0.5, 0.6) is 5.75 Å². The largest absolute Gasteiger partial charge is 0.497 e. The van der Waals surface area contributed by atoms with Crippen LogP contribution in [-0.4, -0.2) is 29.8 Å². The Morgan fingerprint density at radius 3 is 2.67 bits per heavy atom. The summed E-state index contributed by atoms with van der Waals surface area (Å²) in [6.07, 6.45) is 0. The van der Waals surface area contributed by atoms with E-state index in [0.29, 0.717) is 30.6 Å². The molecule has 0 atom stereocenters. The zero-order valence-electron chi connectivity index (χ0n) is 14.0. The molecule has 1 amide bonds. The van der Waals surface area contributed by atoms with Gasteiger partial charge in [0.05, 0.1) is 22.8 Å². The summed E-state index contributed by atoms with van der Waals surface area (Å²) in [6.45, 7) is 0.00526. The summed E-state index contributed by atoms with van der Waals surface area (Å²) in [5.41, 5.74) is 1.21. The third-order valence-electron chi connectivity index (χ3n) is 3.57. The van der Waals surface area contributed by atoms with Gasteiger partial charge in [-0.25, -0.2) is 0 Å². The quantitative estimate of drug-likeness (QED) is 0.509. The normalized spacial score (nSPS) is 10.5. The number of nitrogens with zero attached hydrogens (tertiary/aromatic N) is 2. The summed E-state index contributed by atoms with van der Waals surface area (Å²) in [5, 5.41) is 10.9. The van der Waals surface area contributed by atoms with Crippen LogP contribution in [-0.2, 0) is 4.79 Å². The van der Waals surface area contributed by atoms with E-state index in [1.54, 1.807) is 42.3 Å². The van der Waals surface area contributed by atoms with Crippen molar-refractivity contribution in [2.24, 2.45) is 0 Å². The molecule has 0 aliphatic carbocycles. The lowest BCUT2D eigenvalue weighted by Crippen LogP contribution is -2.29. The molecule has 0 unspecified atom stereocenters. The van der Waals surface area contributed by atoms with E-state index >= 15 is 0 Å². The predicted octanol–water partition coefficient (Wildman–Crippen LogP) is 5.29. The van der Waals surface area contributed by atoms with Crippen LogP contribution in [0.15, 0.2) is 42.5 Å². The van der Waals surface area contributed by atoms with E-state index in [0.717, 1.165) is 5.69 Å². The summed E-state index contributed by atoms with van der Waals surface area (Å²) < 4.78 is 5.70. The molecular formula is C17H14Cl2N4O2S2. The maximum Gasteiger partial charge on any atom is 0.244 e.